The number of fused-ring (bicyclic) bond motifs is 1. The summed E-state index contributed by atoms with van der Waals surface area (Å²) in [7, 11) is 0. The highest BCUT2D eigenvalue weighted by Gasteiger charge is 2.11. The molecule has 4 N–H and O–H groups in total. The molecule has 0 spiro atoms. The molecule has 0 aliphatic heterocycles. The summed E-state index contributed by atoms with van der Waals surface area (Å²) in [5.41, 5.74) is 6.37. The van der Waals surface area contributed by atoms with Crippen molar-refractivity contribution >= 4 is 16.7 Å². The van der Waals surface area contributed by atoms with Crippen LogP contribution < -0.4 is 5.73 Å². The molecule has 0 fully saturated rings. The van der Waals surface area contributed by atoms with Crippen molar-refractivity contribution in [3.63, 3.8) is 0 Å². The number of rotatable bonds is 2. The molecule has 14 heavy (non-hydrogen) atoms. The van der Waals surface area contributed by atoms with E-state index < -0.39 is 0 Å². The molecule has 1 aromatic heterocycles. The fourth-order valence-corrected chi connectivity index (χ4v) is 1.48. The van der Waals surface area contributed by atoms with Gasteiger partial charge in [-0.15, -0.1) is 0 Å². The molecule has 1 aromatic carbocycles. The Hall–Kier alpha value is -1.81. The van der Waals surface area contributed by atoms with E-state index in [1.807, 2.05) is 0 Å². The van der Waals surface area contributed by atoms with E-state index in [-0.39, 0.29) is 18.1 Å². The highest BCUT2D eigenvalue weighted by atomic mass is 16.3. The number of carbonyl (C=O) groups excluding carboxylic acids is 1. The number of phenolic OH excluding ortho intramolecular Hbond substituents is 1. The van der Waals surface area contributed by atoms with Gasteiger partial charge in [0.25, 0.3) is 0 Å². The maximum absolute atomic E-state index is 11.4. The number of para-hydroxylation sites is 1. The molecule has 2 aromatic rings. The molecule has 0 aliphatic rings. The molecule has 0 unspecified atom stereocenters. The molecule has 4 nitrogen and oxygen atoms in total. The van der Waals surface area contributed by atoms with E-state index >= 15 is 0 Å². The van der Waals surface area contributed by atoms with Gasteiger partial charge in [-0.3, -0.25) is 4.79 Å². The van der Waals surface area contributed by atoms with E-state index in [0.29, 0.717) is 16.5 Å². The number of hydrogen-bond acceptors (Lipinski definition) is 3. The minimum absolute atomic E-state index is 0.0252. The van der Waals surface area contributed by atoms with Crippen LogP contribution in [0.3, 0.4) is 0 Å². The smallest absolute Gasteiger partial charge is 0.178 e. The SMILES string of the molecule is NCC(=O)c1c[nH]c2c(O)cccc12. The average Bonchev–Trinajstić information content (AvgIpc) is 2.62. The van der Waals surface area contributed by atoms with Crippen LogP contribution in [-0.4, -0.2) is 22.4 Å². The minimum atomic E-state index is -0.137. The van der Waals surface area contributed by atoms with E-state index in [4.69, 9.17) is 5.73 Å². The van der Waals surface area contributed by atoms with Gasteiger partial charge >= 0.3 is 0 Å². The van der Waals surface area contributed by atoms with Crippen LogP contribution in [0.2, 0.25) is 0 Å². The second-order valence-electron chi connectivity index (χ2n) is 3.03. The number of ketones is 1. The molecular weight excluding hydrogens is 180 g/mol. The van der Waals surface area contributed by atoms with Gasteiger partial charge in [-0.2, -0.15) is 0 Å². The van der Waals surface area contributed by atoms with Crippen LogP contribution >= 0.6 is 0 Å². The number of nitrogens with two attached hydrogens (primary N) is 1. The molecule has 0 atom stereocenters. The summed E-state index contributed by atoms with van der Waals surface area (Å²) in [4.78, 5) is 14.2. The maximum Gasteiger partial charge on any atom is 0.178 e. The average molecular weight is 190 g/mol. The third-order valence-electron chi connectivity index (χ3n) is 2.18. The van der Waals surface area contributed by atoms with Gasteiger partial charge in [-0.1, -0.05) is 12.1 Å². The molecule has 0 radical (unpaired) electrons. The van der Waals surface area contributed by atoms with Crippen molar-refractivity contribution in [2.45, 2.75) is 0 Å². The van der Waals surface area contributed by atoms with Crippen LogP contribution in [-0.2, 0) is 0 Å². The Morgan fingerprint density at radius 1 is 1.50 bits per heavy atom. The second-order valence-corrected chi connectivity index (χ2v) is 3.03. The first-order chi connectivity index (χ1) is 6.74. The van der Waals surface area contributed by atoms with Gasteiger partial charge in [0.2, 0.25) is 0 Å². The van der Waals surface area contributed by atoms with E-state index in [2.05, 4.69) is 4.98 Å². The zero-order valence-corrected chi connectivity index (χ0v) is 7.45. The topological polar surface area (TPSA) is 79.1 Å². The number of phenols is 1. The zero-order chi connectivity index (χ0) is 10.1. The third kappa shape index (κ3) is 1.16. The van der Waals surface area contributed by atoms with Crippen LogP contribution in [0.25, 0.3) is 10.9 Å². The molecule has 0 amide bonds. The van der Waals surface area contributed by atoms with Crippen molar-refractivity contribution in [1.29, 1.82) is 0 Å². The molecule has 1 heterocycles. The summed E-state index contributed by atoms with van der Waals surface area (Å²) in [5.74, 6) is 0.000390. The van der Waals surface area contributed by atoms with Gasteiger partial charge in [-0.25, -0.2) is 0 Å². The summed E-state index contributed by atoms with van der Waals surface area (Å²) >= 11 is 0. The number of hydrogen-bond donors (Lipinski definition) is 3. The molecule has 0 aliphatic carbocycles. The highest BCUT2D eigenvalue weighted by molar-refractivity contribution is 6.09. The van der Waals surface area contributed by atoms with Crippen LogP contribution in [0.15, 0.2) is 24.4 Å². The molecular formula is C10H10N2O2. The van der Waals surface area contributed by atoms with E-state index in [1.54, 1.807) is 24.4 Å². The zero-order valence-electron chi connectivity index (χ0n) is 7.45. The van der Waals surface area contributed by atoms with E-state index in [9.17, 15) is 9.90 Å². The summed E-state index contributed by atoms with van der Waals surface area (Å²) < 4.78 is 0. The van der Waals surface area contributed by atoms with Gasteiger partial charge in [0.05, 0.1) is 12.1 Å². The number of aromatic nitrogens is 1. The van der Waals surface area contributed by atoms with E-state index in [0.717, 1.165) is 0 Å². The van der Waals surface area contributed by atoms with Crippen molar-refractivity contribution < 1.29 is 9.90 Å². The van der Waals surface area contributed by atoms with Crippen molar-refractivity contribution in [2.24, 2.45) is 5.73 Å². The van der Waals surface area contributed by atoms with E-state index in [1.165, 1.54) is 0 Å². The van der Waals surface area contributed by atoms with Crippen molar-refractivity contribution in [1.82, 2.24) is 4.98 Å². The Morgan fingerprint density at radius 2 is 2.29 bits per heavy atom. The highest BCUT2D eigenvalue weighted by Crippen LogP contribution is 2.25. The summed E-state index contributed by atoms with van der Waals surface area (Å²) in [5, 5.41) is 10.2. The molecule has 72 valence electrons. The number of carbonyl (C=O) groups is 1. The number of aromatic amines is 1. The number of H-pyrrole nitrogens is 1. The number of nitrogens with one attached hydrogen (secondary N) is 1. The predicted octanol–water partition coefficient (Wildman–Crippen LogP) is 1.01. The number of aromatic hydroxyl groups is 1. The molecule has 0 bridgehead atoms. The van der Waals surface area contributed by atoms with Gasteiger partial charge in [0, 0.05) is 17.1 Å². The standard InChI is InChI=1S/C10H10N2O2/c11-4-9(14)7-5-12-10-6(7)2-1-3-8(10)13/h1-3,5,12-13H,4,11H2. The Kier molecular flexibility index (Phi) is 1.98. The fourth-order valence-electron chi connectivity index (χ4n) is 1.48. The fraction of sp³-hybridized carbons (Fsp3) is 0.100. The van der Waals surface area contributed by atoms with Crippen LogP contribution in [0.5, 0.6) is 5.75 Å². The normalized spacial score (nSPS) is 10.6. The van der Waals surface area contributed by atoms with Crippen molar-refractivity contribution in [3.05, 3.63) is 30.0 Å². The molecule has 0 saturated heterocycles. The van der Waals surface area contributed by atoms with Gasteiger partial charge in [0.1, 0.15) is 5.75 Å². The lowest BCUT2D eigenvalue weighted by Crippen LogP contribution is -2.12. The molecule has 0 saturated carbocycles. The molecule has 4 heteroatoms. The number of benzene rings is 1. The Balaban J connectivity index is 2.70. The Bertz CT molecular complexity index is 488. The summed E-state index contributed by atoms with van der Waals surface area (Å²) in [6, 6.07) is 5.03. The van der Waals surface area contributed by atoms with Crippen LogP contribution in [0, 0.1) is 0 Å². The third-order valence-corrected chi connectivity index (χ3v) is 2.18. The predicted molar refractivity (Wildman–Crippen MR) is 53.3 cm³/mol. The first-order valence-corrected chi connectivity index (χ1v) is 4.26. The summed E-state index contributed by atoms with van der Waals surface area (Å²) in [6.45, 7) is -0.0252. The van der Waals surface area contributed by atoms with Gasteiger partial charge in [0.15, 0.2) is 5.78 Å². The Labute approximate surface area is 80.3 Å². The van der Waals surface area contributed by atoms with Gasteiger partial charge < -0.3 is 15.8 Å². The lowest BCUT2D eigenvalue weighted by atomic mass is 10.1. The monoisotopic (exact) mass is 190 g/mol. The molecule has 2 rings (SSSR count). The first kappa shape index (κ1) is 8.77. The summed E-state index contributed by atoms with van der Waals surface area (Å²) in [6.07, 6.45) is 1.57. The second kappa shape index (κ2) is 3.16. The van der Waals surface area contributed by atoms with Gasteiger partial charge in [-0.05, 0) is 6.07 Å². The van der Waals surface area contributed by atoms with Crippen LogP contribution in [0.1, 0.15) is 10.4 Å². The van der Waals surface area contributed by atoms with Crippen molar-refractivity contribution in [2.75, 3.05) is 6.54 Å². The minimum Gasteiger partial charge on any atom is -0.506 e. The quantitative estimate of drug-likeness (QED) is 0.618. The van der Waals surface area contributed by atoms with Crippen LogP contribution in [0.4, 0.5) is 0 Å². The lowest BCUT2D eigenvalue weighted by molar-refractivity contribution is 0.100. The largest absolute Gasteiger partial charge is 0.506 e. The first-order valence-electron chi connectivity index (χ1n) is 4.26. The maximum atomic E-state index is 11.4. The van der Waals surface area contributed by atoms with Crippen molar-refractivity contribution in [3.8, 4) is 5.75 Å². The Morgan fingerprint density at radius 3 is 3.00 bits per heavy atom. The number of Topliss-reactive ketones (excluding diaryl/α,β-unsaturated/α-hetero) is 1. The lowest BCUT2D eigenvalue weighted by Gasteiger charge is -1.96.